The molecule has 0 amide bonds. The number of nitro groups is 1. The van der Waals surface area contributed by atoms with Crippen LogP contribution in [-0.4, -0.2) is 10.1 Å². The molecule has 150 valence electrons. The predicted molar refractivity (Wildman–Crippen MR) is 120 cm³/mol. The molecule has 0 saturated carbocycles. The number of nitrogens with zero attached hydrogens (tertiary/aromatic N) is 2. The Morgan fingerprint density at radius 1 is 0.900 bits per heavy atom. The molecule has 3 aromatic carbocycles. The molecule has 0 N–H and O–H groups in total. The van der Waals surface area contributed by atoms with Crippen LogP contribution in [0.5, 0.6) is 0 Å². The second-order valence-corrected chi connectivity index (χ2v) is 9.36. The molecule has 4 rings (SSSR count). The van der Waals surface area contributed by atoms with Gasteiger partial charge in [-0.25, -0.2) is 0 Å². The van der Waals surface area contributed by atoms with Crippen LogP contribution in [0.2, 0.25) is 0 Å². The minimum atomic E-state index is -0.847. The fraction of sp³-hybridized carbons (Fsp3) is 0.125. The molecule has 0 radical (unpaired) electrons. The van der Waals surface area contributed by atoms with Crippen LogP contribution in [0.4, 0.5) is 5.69 Å². The van der Waals surface area contributed by atoms with Crippen LogP contribution in [-0.2, 0) is 6.42 Å². The van der Waals surface area contributed by atoms with E-state index in [0.29, 0.717) is 17.9 Å². The van der Waals surface area contributed by atoms with Gasteiger partial charge in [-0.2, -0.15) is 0 Å². The number of hydrogen-bond donors (Lipinski definition) is 0. The molecule has 0 spiro atoms. The molecule has 5 nitrogen and oxygen atoms in total. The molecule has 1 heterocycles. The average Bonchev–Trinajstić information content (AvgIpc) is 3.16. The van der Waals surface area contributed by atoms with Crippen molar-refractivity contribution in [2.75, 3.05) is 0 Å². The lowest BCUT2D eigenvalue weighted by atomic mass is 10.1. The van der Waals surface area contributed by atoms with E-state index in [0.717, 1.165) is 5.56 Å². The van der Waals surface area contributed by atoms with E-state index in [2.05, 4.69) is 41.6 Å². The minimum absolute atomic E-state index is 0.00273. The highest BCUT2D eigenvalue weighted by Crippen LogP contribution is 2.51. The van der Waals surface area contributed by atoms with E-state index in [1.165, 1.54) is 10.6 Å². The van der Waals surface area contributed by atoms with E-state index in [4.69, 9.17) is 4.52 Å². The largest absolute Gasteiger partial charge is 0.354 e. The van der Waals surface area contributed by atoms with Crippen molar-refractivity contribution in [2.24, 2.45) is 0 Å². The van der Waals surface area contributed by atoms with Gasteiger partial charge in [-0.05, 0) is 31.0 Å². The maximum atomic E-state index is 11.6. The van der Waals surface area contributed by atoms with Gasteiger partial charge in [0, 0.05) is 12.1 Å². The third-order valence-corrected chi connectivity index (χ3v) is 7.84. The van der Waals surface area contributed by atoms with Crippen molar-refractivity contribution in [2.45, 2.75) is 19.0 Å². The molecular formula is C24H21N2O3P. The van der Waals surface area contributed by atoms with E-state index in [1.54, 1.807) is 6.92 Å². The Bertz CT molecular complexity index is 1080. The monoisotopic (exact) mass is 416 g/mol. The van der Waals surface area contributed by atoms with Gasteiger partial charge in [0.15, 0.2) is 5.69 Å². The van der Waals surface area contributed by atoms with E-state index in [-0.39, 0.29) is 11.3 Å². The molecule has 4 aromatic rings. The zero-order chi connectivity index (χ0) is 20.9. The topological polar surface area (TPSA) is 69.2 Å². The van der Waals surface area contributed by atoms with Gasteiger partial charge in [-0.1, -0.05) is 96.2 Å². The van der Waals surface area contributed by atoms with Crippen molar-refractivity contribution in [3.8, 4) is 0 Å². The summed E-state index contributed by atoms with van der Waals surface area (Å²) in [5, 5.41) is 18.0. The average molecular weight is 416 g/mol. The first-order chi connectivity index (χ1) is 14.6. The van der Waals surface area contributed by atoms with Crippen molar-refractivity contribution in [3.63, 3.8) is 0 Å². The summed E-state index contributed by atoms with van der Waals surface area (Å²) < 4.78 is 5.45. The van der Waals surface area contributed by atoms with Gasteiger partial charge in [0.25, 0.3) is 0 Å². The molecule has 0 unspecified atom stereocenters. The summed E-state index contributed by atoms with van der Waals surface area (Å²) in [6.45, 7) is 1.61. The third-order valence-electron chi connectivity index (χ3n) is 5.03. The number of aromatic nitrogens is 1. The van der Waals surface area contributed by atoms with Crippen LogP contribution in [0, 0.1) is 17.0 Å². The highest BCUT2D eigenvalue weighted by molar-refractivity contribution is 7.73. The normalized spacial score (nSPS) is 12.1. The van der Waals surface area contributed by atoms with Crippen LogP contribution in [0.15, 0.2) is 95.5 Å². The molecular weight excluding hydrogens is 395 g/mol. The van der Waals surface area contributed by atoms with Gasteiger partial charge in [-0.15, -0.1) is 0 Å². The minimum Gasteiger partial charge on any atom is -0.354 e. The maximum Gasteiger partial charge on any atom is 0.334 e. The fourth-order valence-electron chi connectivity index (χ4n) is 3.67. The lowest BCUT2D eigenvalue weighted by molar-refractivity contribution is -0.386. The molecule has 30 heavy (non-hydrogen) atoms. The zero-order valence-corrected chi connectivity index (χ0v) is 17.4. The second kappa shape index (κ2) is 9.02. The van der Waals surface area contributed by atoms with Crippen LogP contribution in [0.3, 0.4) is 0 Å². The Hall–Kier alpha value is -3.30. The first kappa shape index (κ1) is 20.0. The number of hydrogen-bond acceptors (Lipinski definition) is 4. The number of benzene rings is 3. The first-order valence-electron chi connectivity index (χ1n) is 9.69. The standard InChI is InChI=1S/C24H21N2O3P/c1-18-24(26(27)28)22(29-25-18)17-23(19-11-5-2-6-12-19)30(20-13-7-3-8-14-20)21-15-9-4-10-16-21/h2-16,23H,17H2,1H3/t23-/m1/s1. The first-order valence-corrected chi connectivity index (χ1v) is 11.1. The lowest BCUT2D eigenvalue weighted by Gasteiger charge is -2.28. The summed E-state index contributed by atoms with van der Waals surface area (Å²) in [6, 6.07) is 30.9. The van der Waals surface area contributed by atoms with Gasteiger partial charge in [0.2, 0.25) is 5.76 Å². The van der Waals surface area contributed by atoms with Gasteiger partial charge in [0.1, 0.15) is 0 Å². The Morgan fingerprint density at radius 2 is 1.40 bits per heavy atom. The van der Waals surface area contributed by atoms with E-state index in [9.17, 15) is 10.1 Å². The molecule has 0 saturated heterocycles. The van der Waals surface area contributed by atoms with Crippen molar-refractivity contribution in [1.82, 2.24) is 5.16 Å². The zero-order valence-electron chi connectivity index (χ0n) is 16.5. The smallest absolute Gasteiger partial charge is 0.334 e. The van der Waals surface area contributed by atoms with Crippen LogP contribution >= 0.6 is 7.92 Å². The fourth-order valence-corrected chi connectivity index (χ4v) is 6.50. The predicted octanol–water partition coefficient (Wildman–Crippen LogP) is 5.31. The summed E-state index contributed by atoms with van der Waals surface area (Å²) in [4.78, 5) is 11.3. The van der Waals surface area contributed by atoms with E-state index in [1.807, 2.05) is 54.6 Å². The van der Waals surface area contributed by atoms with Crippen LogP contribution < -0.4 is 10.6 Å². The summed E-state index contributed by atoms with van der Waals surface area (Å²) >= 11 is 0. The number of rotatable bonds is 7. The van der Waals surface area contributed by atoms with Crippen LogP contribution in [0.1, 0.15) is 22.7 Å². The number of aryl methyl sites for hydroxylation is 1. The van der Waals surface area contributed by atoms with Crippen molar-refractivity contribution >= 4 is 24.2 Å². The Morgan fingerprint density at radius 3 is 1.90 bits per heavy atom. The summed E-state index contributed by atoms with van der Waals surface area (Å²) in [7, 11) is -0.847. The molecule has 0 aliphatic carbocycles. The van der Waals surface area contributed by atoms with E-state index < -0.39 is 12.8 Å². The summed E-state index contributed by atoms with van der Waals surface area (Å²) in [5.41, 5.74) is 1.41. The van der Waals surface area contributed by atoms with E-state index >= 15 is 0 Å². The maximum absolute atomic E-state index is 11.6. The molecule has 0 bridgehead atoms. The molecule has 0 aliphatic rings. The van der Waals surface area contributed by atoms with Gasteiger partial charge < -0.3 is 4.52 Å². The van der Waals surface area contributed by atoms with Gasteiger partial charge >= 0.3 is 5.69 Å². The van der Waals surface area contributed by atoms with Crippen LogP contribution in [0.25, 0.3) is 0 Å². The summed E-state index contributed by atoms with van der Waals surface area (Å²) in [5.74, 6) is 0.325. The Kier molecular flexibility index (Phi) is 6.01. The molecule has 1 atom stereocenters. The van der Waals surface area contributed by atoms with Crippen molar-refractivity contribution in [3.05, 3.63) is 118 Å². The Labute approximate surface area is 176 Å². The molecule has 1 aromatic heterocycles. The lowest BCUT2D eigenvalue weighted by Crippen LogP contribution is -2.18. The van der Waals surface area contributed by atoms with Crippen molar-refractivity contribution in [1.29, 1.82) is 0 Å². The third kappa shape index (κ3) is 4.17. The highest BCUT2D eigenvalue weighted by Gasteiger charge is 2.32. The molecule has 0 aliphatic heterocycles. The highest BCUT2D eigenvalue weighted by atomic mass is 31.1. The quantitative estimate of drug-likeness (QED) is 0.233. The Balaban J connectivity index is 1.87. The molecule has 0 fully saturated rings. The second-order valence-electron chi connectivity index (χ2n) is 6.97. The van der Waals surface area contributed by atoms with Gasteiger partial charge in [-0.3, -0.25) is 10.1 Å². The van der Waals surface area contributed by atoms with Crippen molar-refractivity contribution < 1.29 is 9.45 Å². The molecule has 6 heteroatoms. The summed E-state index contributed by atoms with van der Waals surface area (Å²) in [6.07, 6.45) is 0.399. The SMILES string of the molecule is Cc1noc(C[C@H](c2ccccc2)P(c2ccccc2)c2ccccc2)c1[N+](=O)[O-]. The van der Waals surface area contributed by atoms with Gasteiger partial charge in [0.05, 0.1) is 4.92 Å².